The Morgan fingerprint density at radius 3 is 2.24 bits per heavy atom. The molecule has 0 atom stereocenters. The fourth-order valence-electron chi connectivity index (χ4n) is 3.70. The van der Waals surface area contributed by atoms with Gasteiger partial charge in [-0.15, -0.1) is 0 Å². The Balaban J connectivity index is 1.31. The number of hydrogen-bond acceptors (Lipinski definition) is 5. The predicted molar refractivity (Wildman–Crippen MR) is 146 cm³/mol. The largest absolute Gasteiger partial charge is 0.494 e. The highest BCUT2D eigenvalue weighted by Gasteiger charge is 2.15. The van der Waals surface area contributed by atoms with Gasteiger partial charge < -0.3 is 24.8 Å². The molecular weight excluding hydrogens is 468 g/mol. The zero-order chi connectivity index (χ0) is 26.5. The molecule has 0 saturated carbocycles. The lowest BCUT2D eigenvalue weighted by molar-refractivity contribution is 0.0525. The third-order valence-electron chi connectivity index (χ3n) is 5.51. The highest BCUT2D eigenvalue weighted by Crippen LogP contribution is 2.23. The van der Waals surface area contributed by atoms with E-state index in [0.717, 1.165) is 36.0 Å². The summed E-state index contributed by atoms with van der Waals surface area (Å²) in [5.41, 5.74) is 1.74. The van der Waals surface area contributed by atoms with E-state index in [1.807, 2.05) is 63.2 Å². The second-order valence-corrected chi connectivity index (χ2v) is 9.92. The number of carbonyl (C=O) groups is 2. The van der Waals surface area contributed by atoms with Gasteiger partial charge in [0.25, 0.3) is 0 Å². The first-order valence-electron chi connectivity index (χ1n) is 12.9. The van der Waals surface area contributed by atoms with Crippen LogP contribution in [0.2, 0.25) is 0 Å². The molecule has 0 aliphatic heterocycles. The summed E-state index contributed by atoms with van der Waals surface area (Å²) in [6, 6.07) is 22.2. The molecule has 3 aromatic rings. The molecule has 0 spiro atoms. The summed E-state index contributed by atoms with van der Waals surface area (Å²) < 4.78 is 16.3. The number of aryl methyl sites for hydroxylation is 1. The van der Waals surface area contributed by atoms with E-state index >= 15 is 0 Å². The van der Waals surface area contributed by atoms with Crippen LogP contribution in [0.15, 0.2) is 66.7 Å². The molecule has 7 heteroatoms. The molecule has 0 radical (unpaired) electrons. The van der Waals surface area contributed by atoms with Crippen LogP contribution in [-0.2, 0) is 22.5 Å². The van der Waals surface area contributed by atoms with Crippen LogP contribution in [0.25, 0.3) is 10.8 Å². The van der Waals surface area contributed by atoms with E-state index in [0.29, 0.717) is 26.1 Å². The number of amides is 2. The summed E-state index contributed by atoms with van der Waals surface area (Å²) >= 11 is 0. The molecule has 0 heterocycles. The first-order chi connectivity index (χ1) is 17.8. The lowest BCUT2D eigenvalue weighted by Gasteiger charge is -2.19. The van der Waals surface area contributed by atoms with E-state index in [4.69, 9.17) is 14.2 Å². The molecule has 7 nitrogen and oxygen atoms in total. The molecule has 0 saturated heterocycles. The predicted octanol–water partition coefficient (Wildman–Crippen LogP) is 6.38. The maximum absolute atomic E-state index is 11.8. The van der Waals surface area contributed by atoms with E-state index in [2.05, 4.69) is 34.9 Å². The van der Waals surface area contributed by atoms with Crippen molar-refractivity contribution in [2.75, 3.05) is 19.7 Å². The number of carbonyl (C=O) groups excluding carboxylic acids is 2. The van der Waals surface area contributed by atoms with Crippen molar-refractivity contribution in [3.05, 3.63) is 77.9 Å². The van der Waals surface area contributed by atoms with Crippen LogP contribution in [0, 0.1) is 0 Å². The molecule has 2 amide bonds. The fourth-order valence-corrected chi connectivity index (χ4v) is 3.70. The van der Waals surface area contributed by atoms with Crippen molar-refractivity contribution in [3.8, 4) is 5.75 Å². The van der Waals surface area contributed by atoms with Crippen molar-refractivity contribution in [2.45, 2.75) is 58.7 Å². The summed E-state index contributed by atoms with van der Waals surface area (Å²) in [6.45, 7) is 7.39. The molecule has 0 unspecified atom stereocenters. The normalized spacial score (nSPS) is 11.1. The number of alkyl carbamates (subject to hydrolysis) is 2. The third kappa shape index (κ3) is 10.8. The van der Waals surface area contributed by atoms with Crippen molar-refractivity contribution in [1.29, 1.82) is 0 Å². The highest BCUT2D eigenvalue weighted by atomic mass is 16.6. The van der Waals surface area contributed by atoms with E-state index in [9.17, 15) is 9.59 Å². The molecule has 2 N–H and O–H groups in total. The molecular formula is C30H38N2O5. The van der Waals surface area contributed by atoms with Crippen LogP contribution in [-0.4, -0.2) is 37.5 Å². The summed E-state index contributed by atoms with van der Waals surface area (Å²) in [4.78, 5) is 23.5. The van der Waals surface area contributed by atoms with Gasteiger partial charge in [-0.3, -0.25) is 0 Å². The minimum Gasteiger partial charge on any atom is -0.494 e. The average Bonchev–Trinajstić information content (AvgIpc) is 2.86. The van der Waals surface area contributed by atoms with E-state index < -0.39 is 11.7 Å². The van der Waals surface area contributed by atoms with Gasteiger partial charge in [0.05, 0.1) is 6.61 Å². The van der Waals surface area contributed by atoms with Gasteiger partial charge in [0.15, 0.2) is 0 Å². The molecule has 0 fully saturated rings. The van der Waals surface area contributed by atoms with Gasteiger partial charge in [-0.1, -0.05) is 54.6 Å². The maximum Gasteiger partial charge on any atom is 0.407 e. The van der Waals surface area contributed by atoms with Crippen molar-refractivity contribution < 1.29 is 23.8 Å². The molecule has 3 aromatic carbocycles. The second kappa shape index (κ2) is 14.1. The molecule has 37 heavy (non-hydrogen) atoms. The first kappa shape index (κ1) is 27.8. The van der Waals surface area contributed by atoms with Crippen LogP contribution < -0.4 is 15.4 Å². The summed E-state index contributed by atoms with van der Waals surface area (Å²) in [6.07, 6.45) is 2.70. The Morgan fingerprint density at radius 1 is 0.757 bits per heavy atom. The van der Waals surface area contributed by atoms with Gasteiger partial charge in [0.1, 0.15) is 18.0 Å². The molecule has 0 bridgehead atoms. The van der Waals surface area contributed by atoms with Crippen molar-refractivity contribution in [3.63, 3.8) is 0 Å². The van der Waals surface area contributed by atoms with E-state index in [1.54, 1.807) is 0 Å². The zero-order valence-corrected chi connectivity index (χ0v) is 22.0. The zero-order valence-electron chi connectivity index (χ0n) is 22.0. The van der Waals surface area contributed by atoms with Crippen molar-refractivity contribution in [2.24, 2.45) is 0 Å². The number of unbranched alkanes of at least 4 members (excludes halogenated alkanes) is 1. The Kier molecular flexibility index (Phi) is 10.6. The van der Waals surface area contributed by atoms with Crippen LogP contribution in [0.5, 0.6) is 5.75 Å². The Morgan fingerprint density at radius 2 is 1.46 bits per heavy atom. The van der Waals surface area contributed by atoms with Gasteiger partial charge in [-0.25, -0.2) is 9.59 Å². The third-order valence-corrected chi connectivity index (χ3v) is 5.51. The average molecular weight is 507 g/mol. The van der Waals surface area contributed by atoms with Crippen molar-refractivity contribution >= 4 is 23.0 Å². The quantitative estimate of drug-likeness (QED) is 0.278. The lowest BCUT2D eigenvalue weighted by Crippen LogP contribution is -2.33. The molecule has 0 aromatic heterocycles. The fraction of sp³-hybridized carbons (Fsp3) is 0.400. The SMILES string of the molecule is CC(C)(C)OC(=O)NCCCOc1ccc2cc(CCCCNC(=O)OCc3ccccc3)ccc2c1. The van der Waals surface area contributed by atoms with Crippen LogP contribution in [0.3, 0.4) is 0 Å². The maximum atomic E-state index is 11.8. The molecule has 198 valence electrons. The monoisotopic (exact) mass is 506 g/mol. The number of fused-ring (bicyclic) bond motifs is 1. The number of nitrogens with one attached hydrogen (secondary N) is 2. The van der Waals surface area contributed by atoms with Crippen LogP contribution >= 0.6 is 0 Å². The van der Waals surface area contributed by atoms with Gasteiger partial charge >= 0.3 is 12.2 Å². The first-order valence-corrected chi connectivity index (χ1v) is 12.9. The Hall–Kier alpha value is -3.74. The van der Waals surface area contributed by atoms with Crippen molar-refractivity contribution in [1.82, 2.24) is 10.6 Å². The standard InChI is InChI=1S/C30H38N2O5/c1-30(2,3)37-29(34)32-18-9-19-35-27-16-15-25-20-23(13-14-26(25)21-27)10-7-8-17-31-28(33)36-22-24-11-5-4-6-12-24/h4-6,11-16,20-21H,7-10,17-19,22H2,1-3H3,(H,31,33)(H,32,34). The topological polar surface area (TPSA) is 85.9 Å². The Bertz CT molecular complexity index is 1140. The van der Waals surface area contributed by atoms with Gasteiger partial charge in [0.2, 0.25) is 0 Å². The van der Waals surface area contributed by atoms with Crippen LogP contribution in [0.1, 0.15) is 51.2 Å². The second-order valence-electron chi connectivity index (χ2n) is 9.92. The van der Waals surface area contributed by atoms with Gasteiger partial charge in [0, 0.05) is 13.1 Å². The number of ether oxygens (including phenoxy) is 3. The summed E-state index contributed by atoms with van der Waals surface area (Å²) in [5, 5.41) is 7.83. The summed E-state index contributed by atoms with van der Waals surface area (Å²) in [7, 11) is 0. The summed E-state index contributed by atoms with van der Waals surface area (Å²) in [5.74, 6) is 0.808. The lowest BCUT2D eigenvalue weighted by atomic mass is 10.0. The van der Waals surface area contributed by atoms with Gasteiger partial charge in [-0.05, 0) is 80.5 Å². The molecule has 0 aliphatic carbocycles. The number of benzene rings is 3. The highest BCUT2D eigenvalue weighted by molar-refractivity contribution is 5.84. The number of rotatable bonds is 12. The van der Waals surface area contributed by atoms with E-state index in [-0.39, 0.29) is 12.7 Å². The minimum atomic E-state index is -0.499. The van der Waals surface area contributed by atoms with Gasteiger partial charge in [-0.2, -0.15) is 0 Å². The smallest absolute Gasteiger partial charge is 0.407 e. The number of hydrogen-bond donors (Lipinski definition) is 2. The Labute approximate surface area is 219 Å². The minimum absolute atomic E-state index is 0.280. The van der Waals surface area contributed by atoms with Crippen LogP contribution in [0.4, 0.5) is 9.59 Å². The van der Waals surface area contributed by atoms with E-state index in [1.165, 1.54) is 10.9 Å². The molecule has 0 aliphatic rings. The molecule has 3 rings (SSSR count).